The molecule has 0 radical (unpaired) electrons. The van der Waals surface area contributed by atoms with Gasteiger partial charge in [-0.3, -0.25) is 15.2 Å². The quantitative estimate of drug-likeness (QED) is 0.731. The van der Waals surface area contributed by atoms with Crippen molar-refractivity contribution in [1.82, 2.24) is 9.73 Å². The van der Waals surface area contributed by atoms with Crippen LogP contribution in [0.15, 0.2) is 53.4 Å². The fourth-order valence-corrected chi connectivity index (χ4v) is 4.93. The maximum Gasteiger partial charge on any atom is 0.273 e. The minimum absolute atomic E-state index is 0.104. The molecule has 8 heteroatoms. The number of hydrazine groups is 1. The Morgan fingerprint density at radius 3 is 2.31 bits per heavy atom. The molecule has 2 aromatic carbocycles. The van der Waals surface area contributed by atoms with Gasteiger partial charge in [0.15, 0.2) is 0 Å². The molecule has 1 aliphatic rings. The highest BCUT2D eigenvalue weighted by molar-refractivity contribution is 7.89. The van der Waals surface area contributed by atoms with Crippen molar-refractivity contribution in [3.63, 3.8) is 0 Å². The van der Waals surface area contributed by atoms with Crippen LogP contribution in [0.25, 0.3) is 0 Å². The Balaban J connectivity index is 1.87. The molecular weight excluding hydrogens is 390 g/mol. The lowest BCUT2D eigenvalue weighted by atomic mass is 10.2. The number of anilines is 1. The molecule has 3 rings (SSSR count). The second-order valence-corrected chi connectivity index (χ2v) is 8.95. The van der Waals surface area contributed by atoms with Gasteiger partial charge in [0, 0.05) is 20.1 Å². The van der Waals surface area contributed by atoms with Gasteiger partial charge in [0.2, 0.25) is 10.0 Å². The van der Waals surface area contributed by atoms with Gasteiger partial charge >= 0.3 is 0 Å². The molecule has 0 spiro atoms. The number of carbonyl (C=O) groups is 1. The second-order valence-electron chi connectivity index (χ2n) is 7.02. The number of hydrogen-bond donors (Lipinski definition) is 1. The third-order valence-electron chi connectivity index (χ3n) is 5.03. The third-order valence-corrected chi connectivity index (χ3v) is 6.93. The Morgan fingerprint density at radius 2 is 1.69 bits per heavy atom. The number of para-hydroxylation sites is 1. The van der Waals surface area contributed by atoms with Crippen molar-refractivity contribution in [2.45, 2.75) is 30.6 Å². The Morgan fingerprint density at radius 1 is 1.03 bits per heavy atom. The molecule has 7 nitrogen and oxygen atoms in total. The summed E-state index contributed by atoms with van der Waals surface area (Å²) < 4.78 is 33.0. The molecule has 1 heterocycles. The molecule has 1 fully saturated rings. The fraction of sp³-hybridized carbons (Fsp3) is 0.381. The topological polar surface area (TPSA) is 79.0 Å². The molecule has 0 unspecified atom stereocenters. The standard InChI is InChI=1S/C21H27N3O4S/c1-23(17-10-6-5-7-11-17)22-21(25)19-16-18(12-13-20(19)28-2)29(26,27)24-14-8-3-4-9-15-24/h5-7,10-13,16H,3-4,8-9,14-15H2,1-2H3,(H,22,25). The van der Waals surface area contributed by atoms with Gasteiger partial charge in [-0.15, -0.1) is 0 Å². The van der Waals surface area contributed by atoms with Crippen molar-refractivity contribution in [2.24, 2.45) is 0 Å². The Hall–Kier alpha value is -2.58. The number of rotatable bonds is 6. The Kier molecular flexibility index (Phi) is 6.76. The van der Waals surface area contributed by atoms with E-state index in [1.807, 2.05) is 30.3 Å². The predicted octanol–water partition coefficient (Wildman–Crippen LogP) is 3.04. The molecule has 1 N–H and O–H groups in total. The first-order chi connectivity index (χ1) is 13.9. The lowest BCUT2D eigenvalue weighted by molar-refractivity contribution is 0.0948. The summed E-state index contributed by atoms with van der Waals surface area (Å²) in [6.07, 6.45) is 3.78. The van der Waals surface area contributed by atoms with E-state index in [2.05, 4.69) is 5.43 Å². The highest BCUT2D eigenvalue weighted by atomic mass is 32.2. The normalized spacial score (nSPS) is 15.4. The van der Waals surface area contributed by atoms with Gasteiger partial charge < -0.3 is 4.74 Å². The van der Waals surface area contributed by atoms with Gasteiger partial charge in [0.1, 0.15) is 5.75 Å². The predicted molar refractivity (Wildman–Crippen MR) is 113 cm³/mol. The van der Waals surface area contributed by atoms with Gasteiger partial charge in [0.25, 0.3) is 5.91 Å². The van der Waals surface area contributed by atoms with Crippen molar-refractivity contribution >= 4 is 21.6 Å². The summed E-state index contributed by atoms with van der Waals surface area (Å²) in [6.45, 7) is 1.01. The first-order valence-electron chi connectivity index (χ1n) is 9.71. The van der Waals surface area contributed by atoms with Crippen LogP contribution in [0.4, 0.5) is 5.69 Å². The van der Waals surface area contributed by atoms with Crippen LogP contribution in [-0.2, 0) is 10.0 Å². The van der Waals surface area contributed by atoms with Crippen LogP contribution < -0.4 is 15.2 Å². The Bertz CT molecular complexity index is 940. The SMILES string of the molecule is COc1ccc(S(=O)(=O)N2CCCCCC2)cc1C(=O)NN(C)c1ccccc1. The highest BCUT2D eigenvalue weighted by Gasteiger charge is 2.27. The monoisotopic (exact) mass is 417 g/mol. The van der Waals surface area contributed by atoms with Gasteiger partial charge in [-0.25, -0.2) is 8.42 Å². The van der Waals surface area contributed by atoms with Crippen LogP contribution in [0.1, 0.15) is 36.0 Å². The molecule has 2 aromatic rings. The largest absolute Gasteiger partial charge is 0.496 e. The van der Waals surface area contributed by atoms with Crippen molar-refractivity contribution < 1.29 is 17.9 Å². The maximum absolute atomic E-state index is 13.1. The van der Waals surface area contributed by atoms with Crippen LogP contribution in [0, 0.1) is 0 Å². The number of sulfonamides is 1. The fourth-order valence-electron chi connectivity index (χ4n) is 3.38. The number of benzene rings is 2. The Labute approximate surface area is 172 Å². The number of hydrogen-bond acceptors (Lipinski definition) is 5. The summed E-state index contributed by atoms with van der Waals surface area (Å²) in [5.74, 6) is -0.125. The minimum Gasteiger partial charge on any atom is -0.496 e. The van der Waals surface area contributed by atoms with Crippen molar-refractivity contribution in [3.8, 4) is 5.75 Å². The third kappa shape index (κ3) is 4.89. The van der Waals surface area contributed by atoms with Crippen molar-refractivity contribution in [1.29, 1.82) is 0 Å². The van der Waals surface area contributed by atoms with Crippen molar-refractivity contribution in [3.05, 3.63) is 54.1 Å². The van der Waals surface area contributed by atoms with Crippen LogP contribution in [-0.4, -0.2) is 45.9 Å². The summed E-state index contributed by atoms with van der Waals surface area (Å²) in [7, 11) is -0.489. The van der Waals surface area contributed by atoms with Crippen LogP contribution >= 0.6 is 0 Å². The number of ether oxygens (including phenoxy) is 1. The van der Waals surface area contributed by atoms with E-state index in [9.17, 15) is 13.2 Å². The van der Waals surface area contributed by atoms with Gasteiger partial charge in [-0.1, -0.05) is 31.0 Å². The van der Waals surface area contributed by atoms with Crippen LogP contribution in [0.2, 0.25) is 0 Å². The van der Waals surface area contributed by atoms with E-state index in [4.69, 9.17) is 4.74 Å². The van der Waals surface area contributed by atoms with E-state index in [0.29, 0.717) is 18.8 Å². The van der Waals surface area contributed by atoms with E-state index in [0.717, 1.165) is 31.4 Å². The zero-order valence-corrected chi connectivity index (χ0v) is 17.6. The van der Waals surface area contributed by atoms with E-state index in [1.54, 1.807) is 12.1 Å². The molecule has 0 atom stereocenters. The van der Waals surface area contributed by atoms with E-state index in [1.165, 1.54) is 29.6 Å². The zero-order chi connectivity index (χ0) is 20.9. The molecular formula is C21H27N3O4S. The van der Waals surface area contributed by atoms with Crippen LogP contribution in [0.3, 0.4) is 0 Å². The summed E-state index contributed by atoms with van der Waals surface area (Å²) in [5.41, 5.74) is 3.73. The molecule has 0 aliphatic carbocycles. The molecule has 0 aromatic heterocycles. The summed E-state index contributed by atoms with van der Waals surface area (Å²) in [6, 6.07) is 13.8. The first-order valence-corrected chi connectivity index (χ1v) is 11.2. The van der Waals surface area contributed by atoms with E-state index >= 15 is 0 Å². The lowest BCUT2D eigenvalue weighted by Gasteiger charge is -2.22. The van der Waals surface area contributed by atoms with Gasteiger partial charge in [-0.2, -0.15) is 4.31 Å². The zero-order valence-electron chi connectivity index (χ0n) is 16.8. The molecule has 0 saturated carbocycles. The van der Waals surface area contributed by atoms with Crippen LogP contribution in [0.5, 0.6) is 5.75 Å². The number of carbonyl (C=O) groups excluding carboxylic acids is 1. The minimum atomic E-state index is -3.66. The van der Waals surface area contributed by atoms with E-state index in [-0.39, 0.29) is 10.5 Å². The lowest BCUT2D eigenvalue weighted by Crippen LogP contribution is -2.39. The van der Waals surface area contributed by atoms with Crippen molar-refractivity contribution in [2.75, 3.05) is 32.3 Å². The number of methoxy groups -OCH3 is 1. The van der Waals surface area contributed by atoms with E-state index < -0.39 is 15.9 Å². The van der Waals surface area contributed by atoms with Gasteiger partial charge in [-0.05, 0) is 43.2 Å². The molecule has 1 aliphatic heterocycles. The van der Waals surface area contributed by atoms with Gasteiger partial charge in [0.05, 0.1) is 23.3 Å². The second kappa shape index (κ2) is 9.28. The molecule has 0 bridgehead atoms. The smallest absolute Gasteiger partial charge is 0.273 e. The average molecular weight is 418 g/mol. The highest BCUT2D eigenvalue weighted by Crippen LogP contribution is 2.26. The summed E-state index contributed by atoms with van der Waals surface area (Å²) in [5, 5.41) is 1.58. The molecule has 156 valence electrons. The number of nitrogens with one attached hydrogen (secondary N) is 1. The number of nitrogens with zero attached hydrogens (tertiary/aromatic N) is 2. The summed E-state index contributed by atoms with van der Waals surface area (Å²) in [4.78, 5) is 13.0. The average Bonchev–Trinajstić information content (AvgIpc) is 3.04. The number of amides is 1. The maximum atomic E-state index is 13.1. The summed E-state index contributed by atoms with van der Waals surface area (Å²) >= 11 is 0. The molecule has 29 heavy (non-hydrogen) atoms. The first kappa shape index (κ1) is 21.1. The molecule has 1 amide bonds. The molecule has 1 saturated heterocycles.